The van der Waals surface area contributed by atoms with E-state index >= 15 is 4.39 Å². The van der Waals surface area contributed by atoms with Crippen LogP contribution in [0.3, 0.4) is 0 Å². The second-order valence-electron chi connectivity index (χ2n) is 10.7. The highest BCUT2D eigenvalue weighted by molar-refractivity contribution is 8.32. The molecule has 3 saturated heterocycles. The first-order valence-electron chi connectivity index (χ1n) is 13.7. The van der Waals surface area contributed by atoms with Gasteiger partial charge in [-0.3, -0.25) is 14.2 Å². The van der Waals surface area contributed by atoms with Crippen molar-refractivity contribution in [3.8, 4) is 0 Å². The second kappa shape index (κ2) is 12.7. The number of hydrogen-bond acceptors (Lipinski definition) is 9. The van der Waals surface area contributed by atoms with Gasteiger partial charge in [-0.1, -0.05) is 12.1 Å². The van der Waals surface area contributed by atoms with Crippen molar-refractivity contribution in [2.75, 3.05) is 67.1 Å². The zero-order valence-electron chi connectivity index (χ0n) is 23.1. The molecule has 3 N–H and O–H groups in total. The van der Waals surface area contributed by atoms with Gasteiger partial charge >= 0.3 is 18.2 Å². The third-order valence-corrected chi connectivity index (χ3v) is 9.28. The number of thioether (sulfide) groups is 1. The Balaban J connectivity index is 1.16. The van der Waals surface area contributed by atoms with Crippen LogP contribution in [0.2, 0.25) is 0 Å². The molecule has 2 aromatic rings. The maximum Gasteiger partial charge on any atom is 0.414 e. The lowest BCUT2D eigenvalue weighted by molar-refractivity contribution is -0.831. The smallest absolute Gasteiger partial charge is 0.414 e. The highest BCUT2D eigenvalue weighted by Crippen LogP contribution is 2.32. The van der Waals surface area contributed by atoms with Gasteiger partial charge in [0.1, 0.15) is 18.5 Å². The molecule has 2 aromatic carbocycles. The van der Waals surface area contributed by atoms with Crippen molar-refractivity contribution in [1.29, 1.82) is 0 Å². The van der Waals surface area contributed by atoms with Crippen molar-refractivity contribution in [2.24, 2.45) is 0 Å². The standard InChI is InChI=1S/C28H30FN5O7S2/c29-22-13-20(33-14-21(41-27(33)40)7-8-30-26(38)39)5-6-23(22)32-11-9-31(10-12-32)19-3-1-18(2-4-19)15-34(16-24(35)36)17-25(37)43-28(34)42/h1-6,13,21,30H,7-12,14-17H2,(H-,35,36,38,39)/p+1. The minimum absolute atomic E-state index is 0.0615. The number of aliphatic carboxylic acids is 1. The van der Waals surface area contributed by atoms with Gasteiger partial charge in [0, 0.05) is 62.2 Å². The SMILES string of the molecule is O=C(O)C[N+]1(Cc2ccc(N3CCN(c4ccc(N5CC(CCNC(=O)O)OC5=O)cc4F)CC3)cc2)CC(=O)SC1=S. The molecule has 0 aliphatic carbocycles. The van der Waals surface area contributed by atoms with Gasteiger partial charge < -0.3 is 30.1 Å². The summed E-state index contributed by atoms with van der Waals surface area (Å²) in [4.78, 5) is 51.9. The van der Waals surface area contributed by atoms with E-state index in [2.05, 4.69) is 10.2 Å². The fourth-order valence-corrected chi connectivity index (χ4v) is 6.97. The predicted molar refractivity (Wildman–Crippen MR) is 162 cm³/mol. The van der Waals surface area contributed by atoms with Crippen molar-refractivity contribution in [3.63, 3.8) is 0 Å². The zero-order chi connectivity index (χ0) is 30.7. The van der Waals surface area contributed by atoms with Crippen LogP contribution >= 0.6 is 24.0 Å². The molecule has 0 aromatic heterocycles. The Morgan fingerprint density at radius 3 is 2.33 bits per heavy atom. The van der Waals surface area contributed by atoms with Crippen molar-refractivity contribution in [2.45, 2.75) is 19.1 Å². The molecule has 2 unspecified atom stereocenters. The number of quaternary nitrogens is 1. The van der Waals surface area contributed by atoms with Gasteiger partial charge in [-0.2, -0.15) is 0 Å². The molecule has 15 heteroatoms. The average Bonchev–Trinajstić information content (AvgIpc) is 3.45. The predicted octanol–water partition coefficient (Wildman–Crippen LogP) is 3.09. The minimum Gasteiger partial charge on any atom is -0.477 e. The van der Waals surface area contributed by atoms with E-state index in [-0.39, 0.29) is 35.8 Å². The van der Waals surface area contributed by atoms with E-state index in [0.29, 0.717) is 54.8 Å². The quantitative estimate of drug-likeness (QED) is 0.263. The molecule has 5 rings (SSSR count). The molecule has 0 saturated carbocycles. The van der Waals surface area contributed by atoms with Crippen molar-refractivity contribution >= 4 is 68.6 Å². The normalized spacial score (nSPS) is 22.2. The summed E-state index contributed by atoms with van der Waals surface area (Å²) < 4.78 is 20.8. The first-order valence-corrected chi connectivity index (χ1v) is 14.9. The van der Waals surface area contributed by atoms with Crippen LogP contribution in [0.1, 0.15) is 12.0 Å². The fraction of sp³-hybridized carbons (Fsp3) is 0.393. The molecule has 3 aliphatic rings. The molecule has 3 heterocycles. The highest BCUT2D eigenvalue weighted by Gasteiger charge is 2.46. The molecule has 228 valence electrons. The molecule has 3 aliphatic heterocycles. The van der Waals surface area contributed by atoms with Crippen molar-refractivity contribution in [3.05, 3.63) is 53.8 Å². The number of thiocarbonyl (C=S) groups is 1. The van der Waals surface area contributed by atoms with E-state index in [0.717, 1.165) is 23.0 Å². The number of carbonyl (C=O) groups is 4. The number of benzene rings is 2. The van der Waals surface area contributed by atoms with Crippen molar-refractivity contribution in [1.82, 2.24) is 5.32 Å². The van der Waals surface area contributed by atoms with Crippen LogP contribution in [-0.2, 0) is 20.9 Å². The summed E-state index contributed by atoms with van der Waals surface area (Å²) >= 11 is 6.32. The van der Waals surface area contributed by atoms with E-state index < -0.39 is 30.1 Å². The van der Waals surface area contributed by atoms with Crippen LogP contribution in [-0.4, -0.2) is 101 Å². The lowest BCUT2D eigenvalue weighted by Crippen LogP contribution is -2.51. The van der Waals surface area contributed by atoms with Gasteiger partial charge in [-0.25, -0.2) is 18.8 Å². The Hall–Kier alpha value is -3.95. The Kier molecular flexibility index (Phi) is 9.03. The van der Waals surface area contributed by atoms with E-state index in [1.807, 2.05) is 29.2 Å². The summed E-state index contributed by atoms with van der Waals surface area (Å²) in [7, 11) is 0. The maximum atomic E-state index is 15.2. The van der Waals surface area contributed by atoms with Gasteiger partial charge in [0.15, 0.2) is 13.1 Å². The summed E-state index contributed by atoms with van der Waals surface area (Å²) in [6, 6.07) is 12.4. The van der Waals surface area contributed by atoms with E-state index in [1.165, 1.54) is 11.0 Å². The lowest BCUT2D eigenvalue weighted by atomic mass is 10.1. The number of amides is 2. The molecule has 43 heavy (non-hydrogen) atoms. The largest absolute Gasteiger partial charge is 0.477 e. The molecule has 12 nitrogen and oxygen atoms in total. The minimum atomic E-state index is -1.15. The number of nitrogens with zero attached hydrogens (tertiary/aromatic N) is 4. The van der Waals surface area contributed by atoms with E-state index in [4.69, 9.17) is 22.1 Å². The Bertz CT molecular complexity index is 1440. The Morgan fingerprint density at radius 1 is 1.05 bits per heavy atom. The molecule has 0 spiro atoms. The average molecular weight is 633 g/mol. The number of nitrogens with one attached hydrogen (secondary N) is 1. The van der Waals surface area contributed by atoms with Crippen molar-refractivity contribution < 1.29 is 43.0 Å². The first kappa shape index (κ1) is 30.5. The van der Waals surface area contributed by atoms with Gasteiger partial charge in [-0.15, -0.1) is 0 Å². The first-order chi connectivity index (χ1) is 20.5. The van der Waals surface area contributed by atoms with E-state index in [9.17, 15) is 24.3 Å². The van der Waals surface area contributed by atoms with Crippen LogP contribution in [0.15, 0.2) is 42.5 Å². The number of hydrogen-bond donors (Lipinski definition) is 3. The van der Waals surface area contributed by atoms with Crippen LogP contribution in [0.5, 0.6) is 0 Å². The number of anilines is 3. The van der Waals surface area contributed by atoms with Crippen LogP contribution in [0.4, 0.5) is 31.0 Å². The molecule has 2 atom stereocenters. The molecular weight excluding hydrogens is 601 g/mol. The molecule has 0 bridgehead atoms. The number of rotatable bonds is 10. The number of carbonyl (C=O) groups excluding carboxylic acids is 2. The summed E-state index contributed by atoms with van der Waals surface area (Å²) in [6.07, 6.45) is -1.91. The van der Waals surface area contributed by atoms with Crippen LogP contribution in [0, 0.1) is 5.82 Å². The Labute approximate surface area is 256 Å². The van der Waals surface area contributed by atoms with Gasteiger partial charge in [0.25, 0.3) is 5.12 Å². The lowest BCUT2D eigenvalue weighted by Gasteiger charge is -2.37. The molecule has 0 radical (unpaired) electrons. The topological polar surface area (TPSA) is 140 Å². The fourth-order valence-electron chi connectivity index (χ4n) is 5.60. The number of cyclic esters (lactones) is 1. The summed E-state index contributed by atoms with van der Waals surface area (Å²) in [5.41, 5.74) is 2.69. The molecule has 3 fully saturated rings. The molecular formula is C28H31FN5O7S2+. The molecule has 2 amide bonds. The monoisotopic (exact) mass is 632 g/mol. The summed E-state index contributed by atoms with van der Waals surface area (Å²) in [5.74, 6) is -1.46. The number of piperazine rings is 1. The van der Waals surface area contributed by atoms with Gasteiger partial charge in [-0.05, 0) is 42.5 Å². The van der Waals surface area contributed by atoms with Crippen LogP contribution < -0.4 is 20.0 Å². The highest BCUT2D eigenvalue weighted by atomic mass is 32.2. The third-order valence-electron chi connectivity index (χ3n) is 7.72. The summed E-state index contributed by atoms with van der Waals surface area (Å²) in [5, 5.41) is 20.2. The number of carboxylic acid groups (broad SMARTS) is 2. The number of halogens is 1. The Morgan fingerprint density at radius 2 is 1.72 bits per heavy atom. The zero-order valence-corrected chi connectivity index (χ0v) is 24.7. The van der Waals surface area contributed by atoms with E-state index in [1.54, 1.807) is 12.1 Å². The number of ether oxygens (including phenoxy) is 1. The van der Waals surface area contributed by atoms with Gasteiger partial charge in [0.2, 0.25) is 4.32 Å². The van der Waals surface area contributed by atoms with Gasteiger partial charge in [0.05, 0.1) is 17.9 Å². The number of carboxylic acids is 1. The maximum absolute atomic E-state index is 15.2. The second-order valence-corrected chi connectivity index (χ2v) is 12.4. The third kappa shape index (κ3) is 7.00. The van der Waals surface area contributed by atoms with Crippen LogP contribution in [0.25, 0.3) is 0 Å². The summed E-state index contributed by atoms with van der Waals surface area (Å²) in [6.45, 7) is 2.96.